The molecule has 3 aromatic rings. The molecule has 7 heteroatoms. The molecule has 2 heterocycles. The number of hydrogen-bond acceptors (Lipinski definition) is 4. The van der Waals surface area contributed by atoms with Gasteiger partial charge in [0.2, 0.25) is 5.91 Å². The Bertz CT molecular complexity index is 1090. The van der Waals surface area contributed by atoms with Crippen LogP contribution in [-0.2, 0) is 11.3 Å². The molecule has 1 aliphatic rings. The smallest absolute Gasteiger partial charge is 0.275 e. The monoisotopic (exact) mass is 394 g/mol. The SMILES string of the molecule is C[C@H]1CCCN(c2nn(CC(=O)Nc3ccc(F)cc3)c(=O)c3ccccc23)C1. The maximum Gasteiger partial charge on any atom is 0.275 e. The zero-order valence-electron chi connectivity index (χ0n) is 16.3. The number of fused-ring (bicyclic) bond motifs is 1. The van der Waals surface area contributed by atoms with E-state index in [0.29, 0.717) is 17.0 Å². The number of anilines is 2. The fraction of sp³-hybridized carbons (Fsp3) is 0.318. The Hall–Kier alpha value is -3.22. The number of aromatic nitrogens is 2. The van der Waals surface area contributed by atoms with Gasteiger partial charge in [-0.05, 0) is 49.1 Å². The highest BCUT2D eigenvalue weighted by molar-refractivity contribution is 5.93. The number of amides is 1. The first-order valence-electron chi connectivity index (χ1n) is 9.81. The van der Waals surface area contributed by atoms with Crippen LogP contribution in [-0.4, -0.2) is 28.8 Å². The third-order valence-electron chi connectivity index (χ3n) is 5.23. The van der Waals surface area contributed by atoms with Crippen molar-refractivity contribution in [3.8, 4) is 0 Å². The first kappa shape index (κ1) is 19.1. The standard InChI is InChI=1S/C22H23FN4O2/c1-15-5-4-12-26(13-15)21-18-6-2-3-7-19(18)22(29)27(25-21)14-20(28)24-17-10-8-16(23)9-11-17/h2-3,6-11,15H,4-5,12-14H2,1H3,(H,24,28)/t15-/m0/s1. The van der Waals surface area contributed by atoms with Crippen molar-refractivity contribution >= 4 is 28.2 Å². The Morgan fingerprint density at radius 1 is 1.17 bits per heavy atom. The quantitative estimate of drug-likeness (QED) is 0.736. The summed E-state index contributed by atoms with van der Waals surface area (Å²) >= 11 is 0. The molecule has 1 aliphatic heterocycles. The van der Waals surface area contributed by atoms with Gasteiger partial charge >= 0.3 is 0 Å². The molecular weight excluding hydrogens is 371 g/mol. The molecule has 150 valence electrons. The molecule has 4 rings (SSSR count). The molecule has 1 saturated heterocycles. The predicted molar refractivity (Wildman–Crippen MR) is 112 cm³/mol. The summed E-state index contributed by atoms with van der Waals surface area (Å²) in [5, 5.41) is 8.60. The molecule has 0 saturated carbocycles. The largest absolute Gasteiger partial charge is 0.354 e. The van der Waals surface area contributed by atoms with Gasteiger partial charge in [-0.15, -0.1) is 0 Å². The Kier molecular flexibility index (Phi) is 5.29. The fourth-order valence-corrected chi connectivity index (χ4v) is 3.81. The van der Waals surface area contributed by atoms with Crippen molar-refractivity contribution in [1.29, 1.82) is 0 Å². The number of benzene rings is 2. The summed E-state index contributed by atoms with van der Waals surface area (Å²) in [5.41, 5.74) is 0.166. The third-order valence-corrected chi connectivity index (χ3v) is 5.23. The van der Waals surface area contributed by atoms with Crippen LogP contribution in [0.25, 0.3) is 10.8 Å². The van der Waals surface area contributed by atoms with Crippen molar-refractivity contribution in [2.24, 2.45) is 5.92 Å². The molecule has 2 aromatic carbocycles. The van der Waals surface area contributed by atoms with Gasteiger partial charge in [0.1, 0.15) is 12.4 Å². The summed E-state index contributed by atoms with van der Waals surface area (Å²) in [6.07, 6.45) is 2.25. The van der Waals surface area contributed by atoms with Crippen molar-refractivity contribution in [3.63, 3.8) is 0 Å². The molecule has 0 unspecified atom stereocenters. The number of hydrogen-bond donors (Lipinski definition) is 1. The van der Waals surface area contributed by atoms with Crippen LogP contribution in [0.15, 0.2) is 53.3 Å². The molecule has 0 bridgehead atoms. The van der Waals surface area contributed by atoms with Gasteiger partial charge in [-0.1, -0.05) is 25.1 Å². The van der Waals surface area contributed by atoms with Crippen LogP contribution in [0.1, 0.15) is 19.8 Å². The number of halogens is 1. The predicted octanol–water partition coefficient (Wildman–Crippen LogP) is 3.41. The fourth-order valence-electron chi connectivity index (χ4n) is 3.81. The highest BCUT2D eigenvalue weighted by atomic mass is 19.1. The molecule has 1 N–H and O–H groups in total. The minimum atomic E-state index is -0.389. The van der Waals surface area contributed by atoms with Gasteiger partial charge in [0.15, 0.2) is 5.82 Å². The number of rotatable bonds is 4. The van der Waals surface area contributed by atoms with Crippen LogP contribution < -0.4 is 15.8 Å². The normalized spacial score (nSPS) is 16.8. The highest BCUT2D eigenvalue weighted by Gasteiger charge is 2.22. The summed E-state index contributed by atoms with van der Waals surface area (Å²) in [6, 6.07) is 12.9. The second kappa shape index (κ2) is 8.03. The lowest BCUT2D eigenvalue weighted by atomic mass is 10.00. The maximum absolute atomic E-state index is 13.0. The summed E-state index contributed by atoms with van der Waals surface area (Å²) < 4.78 is 14.3. The van der Waals surface area contributed by atoms with E-state index >= 15 is 0 Å². The van der Waals surface area contributed by atoms with Gasteiger partial charge < -0.3 is 10.2 Å². The average molecular weight is 394 g/mol. The van der Waals surface area contributed by atoms with E-state index in [9.17, 15) is 14.0 Å². The number of carbonyl (C=O) groups is 1. The number of nitrogens with zero attached hydrogens (tertiary/aromatic N) is 3. The molecule has 1 fully saturated rings. The minimum Gasteiger partial charge on any atom is -0.354 e. The second-order valence-electron chi connectivity index (χ2n) is 7.58. The average Bonchev–Trinajstić information content (AvgIpc) is 2.72. The first-order chi connectivity index (χ1) is 14.0. The molecule has 1 aromatic heterocycles. The molecule has 29 heavy (non-hydrogen) atoms. The van der Waals surface area contributed by atoms with Crippen LogP contribution in [0.5, 0.6) is 0 Å². The lowest BCUT2D eigenvalue weighted by Crippen LogP contribution is -2.38. The van der Waals surface area contributed by atoms with Crippen LogP contribution >= 0.6 is 0 Å². The van der Waals surface area contributed by atoms with Crippen LogP contribution in [0.3, 0.4) is 0 Å². The maximum atomic E-state index is 13.0. The van der Waals surface area contributed by atoms with Gasteiger partial charge in [0, 0.05) is 24.2 Å². The number of piperidine rings is 1. The van der Waals surface area contributed by atoms with Gasteiger partial charge in [-0.3, -0.25) is 9.59 Å². The summed E-state index contributed by atoms with van der Waals surface area (Å²) in [6.45, 7) is 3.75. The Morgan fingerprint density at radius 2 is 1.90 bits per heavy atom. The van der Waals surface area contributed by atoms with Crippen LogP contribution in [0.2, 0.25) is 0 Å². The molecule has 1 atom stereocenters. The zero-order valence-corrected chi connectivity index (χ0v) is 16.3. The van der Waals surface area contributed by atoms with Gasteiger partial charge in [0.25, 0.3) is 5.56 Å². The molecule has 0 radical (unpaired) electrons. The first-order valence-corrected chi connectivity index (χ1v) is 9.81. The van der Waals surface area contributed by atoms with Crippen molar-refractivity contribution in [1.82, 2.24) is 9.78 Å². The second-order valence-corrected chi connectivity index (χ2v) is 7.58. The van der Waals surface area contributed by atoms with Gasteiger partial charge in [-0.25, -0.2) is 9.07 Å². The van der Waals surface area contributed by atoms with Crippen molar-refractivity contribution in [3.05, 3.63) is 64.7 Å². The van der Waals surface area contributed by atoms with E-state index in [4.69, 9.17) is 0 Å². The summed E-state index contributed by atoms with van der Waals surface area (Å²) in [4.78, 5) is 27.6. The van der Waals surface area contributed by atoms with Gasteiger partial charge in [-0.2, -0.15) is 5.10 Å². The van der Waals surface area contributed by atoms with E-state index in [1.165, 1.54) is 35.4 Å². The summed E-state index contributed by atoms with van der Waals surface area (Å²) in [7, 11) is 0. The molecule has 0 aliphatic carbocycles. The van der Waals surface area contributed by atoms with Crippen LogP contribution in [0, 0.1) is 11.7 Å². The van der Waals surface area contributed by atoms with E-state index in [2.05, 4.69) is 22.2 Å². The highest BCUT2D eigenvalue weighted by Crippen LogP contribution is 2.26. The molecule has 0 spiro atoms. The molecule has 6 nitrogen and oxygen atoms in total. The Balaban J connectivity index is 1.66. The number of carbonyl (C=O) groups excluding carboxylic acids is 1. The van der Waals surface area contributed by atoms with E-state index in [0.717, 1.165) is 30.7 Å². The van der Waals surface area contributed by atoms with Crippen molar-refractivity contribution in [2.45, 2.75) is 26.3 Å². The molecule has 1 amide bonds. The number of nitrogens with one attached hydrogen (secondary N) is 1. The Labute approximate surface area is 167 Å². The van der Waals surface area contributed by atoms with Gasteiger partial charge in [0.05, 0.1) is 5.39 Å². The summed E-state index contributed by atoms with van der Waals surface area (Å²) in [5.74, 6) is 0.517. The van der Waals surface area contributed by atoms with E-state index in [1.54, 1.807) is 6.07 Å². The van der Waals surface area contributed by atoms with Crippen molar-refractivity contribution < 1.29 is 9.18 Å². The van der Waals surface area contributed by atoms with Crippen LogP contribution in [0.4, 0.5) is 15.9 Å². The minimum absolute atomic E-state index is 0.211. The van der Waals surface area contributed by atoms with E-state index < -0.39 is 0 Å². The zero-order chi connectivity index (χ0) is 20.4. The topological polar surface area (TPSA) is 67.2 Å². The van der Waals surface area contributed by atoms with E-state index in [1.807, 2.05) is 18.2 Å². The lowest BCUT2D eigenvalue weighted by molar-refractivity contribution is -0.117. The lowest BCUT2D eigenvalue weighted by Gasteiger charge is -2.32. The van der Waals surface area contributed by atoms with E-state index in [-0.39, 0.29) is 23.8 Å². The van der Waals surface area contributed by atoms with Crippen molar-refractivity contribution in [2.75, 3.05) is 23.3 Å². The molecular formula is C22H23FN4O2. The third kappa shape index (κ3) is 4.13. The Morgan fingerprint density at radius 3 is 2.62 bits per heavy atom.